The Hall–Kier alpha value is -2.34. The molecule has 0 aliphatic rings. The Kier molecular flexibility index (Phi) is 8.46. The molecule has 3 rings (SSSR count). The minimum absolute atomic E-state index is 1.26. The summed E-state index contributed by atoms with van der Waals surface area (Å²) >= 11 is 0. The number of rotatable bonds is 2. The van der Waals surface area contributed by atoms with Crippen LogP contribution in [0.15, 0.2) is 78.9 Å². The summed E-state index contributed by atoms with van der Waals surface area (Å²) in [5, 5.41) is 0. The Balaban J connectivity index is 0.000000615. The lowest BCUT2D eigenvalue weighted by Gasteiger charge is -2.05. The minimum Gasteiger partial charge on any atom is -0.0683 e. The molecule has 23 heavy (non-hydrogen) atoms. The van der Waals surface area contributed by atoms with Gasteiger partial charge in [0, 0.05) is 0 Å². The smallest absolute Gasteiger partial charge is 0.0184 e. The fourth-order valence-electron chi connectivity index (χ4n) is 2.23. The highest BCUT2D eigenvalue weighted by molar-refractivity contribution is 5.70. The van der Waals surface area contributed by atoms with E-state index >= 15 is 0 Å². The van der Waals surface area contributed by atoms with E-state index in [2.05, 4.69) is 79.7 Å². The predicted octanol–water partition coefficient (Wildman–Crippen LogP) is 7.38. The summed E-state index contributed by atoms with van der Waals surface area (Å²) in [7, 11) is 0. The molecule has 0 spiro atoms. The second-order valence-corrected chi connectivity index (χ2v) is 4.81. The fraction of sp³-hybridized carbons (Fsp3) is 0.217. The Bertz CT molecular complexity index is 647. The van der Waals surface area contributed by atoms with Crippen LogP contribution in [0.5, 0.6) is 0 Å². The minimum atomic E-state index is 1.26. The average molecular weight is 304 g/mol. The van der Waals surface area contributed by atoms with Gasteiger partial charge in [-0.3, -0.25) is 0 Å². The van der Waals surface area contributed by atoms with E-state index in [4.69, 9.17) is 0 Å². The Morgan fingerprint density at radius 1 is 0.391 bits per heavy atom. The van der Waals surface area contributed by atoms with Crippen LogP contribution in [0.4, 0.5) is 0 Å². The van der Waals surface area contributed by atoms with E-state index in [0.717, 1.165) is 0 Å². The van der Waals surface area contributed by atoms with Crippen LogP contribution in [0, 0.1) is 6.92 Å². The first-order valence-corrected chi connectivity index (χ1v) is 8.55. The molecule has 0 N–H and O–H groups in total. The van der Waals surface area contributed by atoms with Crippen LogP contribution >= 0.6 is 0 Å². The quantitative estimate of drug-likeness (QED) is 0.463. The predicted molar refractivity (Wildman–Crippen MR) is 105 cm³/mol. The number of hydrogen-bond donors (Lipinski definition) is 0. The number of benzene rings is 3. The van der Waals surface area contributed by atoms with E-state index in [1.165, 1.54) is 27.8 Å². The lowest BCUT2D eigenvalue weighted by Crippen LogP contribution is -1.80. The highest BCUT2D eigenvalue weighted by Crippen LogP contribution is 2.24. The van der Waals surface area contributed by atoms with Crippen molar-refractivity contribution in [2.24, 2.45) is 0 Å². The molecular weight excluding hydrogens is 276 g/mol. The van der Waals surface area contributed by atoms with Crippen molar-refractivity contribution in [2.45, 2.75) is 34.6 Å². The third-order valence-corrected chi connectivity index (χ3v) is 3.38. The van der Waals surface area contributed by atoms with Crippen molar-refractivity contribution >= 4 is 0 Å². The molecule has 0 aliphatic carbocycles. The zero-order valence-electron chi connectivity index (χ0n) is 15.0. The SMILES string of the molecule is CC.CC.Cc1ccc(-c2ccc(-c3ccccc3)cc2)cc1. The lowest BCUT2D eigenvalue weighted by molar-refractivity contribution is 1.47. The van der Waals surface area contributed by atoms with Gasteiger partial charge in [0.15, 0.2) is 0 Å². The topological polar surface area (TPSA) is 0 Å². The zero-order valence-corrected chi connectivity index (χ0v) is 15.0. The van der Waals surface area contributed by atoms with Gasteiger partial charge in [-0.1, -0.05) is 112 Å². The first-order chi connectivity index (χ1) is 11.3. The molecule has 0 aliphatic heterocycles. The first-order valence-electron chi connectivity index (χ1n) is 8.55. The van der Waals surface area contributed by atoms with Gasteiger partial charge >= 0.3 is 0 Å². The Labute approximate surface area is 141 Å². The number of aryl methyl sites for hydroxylation is 1. The van der Waals surface area contributed by atoms with Gasteiger partial charge in [-0.05, 0) is 29.2 Å². The molecule has 3 aromatic rings. The van der Waals surface area contributed by atoms with E-state index in [-0.39, 0.29) is 0 Å². The van der Waals surface area contributed by atoms with Crippen LogP contribution in [0.25, 0.3) is 22.3 Å². The molecule has 0 saturated carbocycles. The number of hydrogen-bond acceptors (Lipinski definition) is 0. The molecule has 0 unspecified atom stereocenters. The molecule has 0 bridgehead atoms. The molecule has 0 fully saturated rings. The van der Waals surface area contributed by atoms with E-state index in [1.807, 2.05) is 33.8 Å². The Morgan fingerprint density at radius 2 is 0.696 bits per heavy atom. The van der Waals surface area contributed by atoms with E-state index in [1.54, 1.807) is 0 Å². The van der Waals surface area contributed by atoms with Crippen molar-refractivity contribution in [2.75, 3.05) is 0 Å². The van der Waals surface area contributed by atoms with E-state index in [0.29, 0.717) is 0 Å². The van der Waals surface area contributed by atoms with Gasteiger partial charge in [0.1, 0.15) is 0 Å². The summed E-state index contributed by atoms with van der Waals surface area (Å²) in [5.41, 5.74) is 6.35. The third-order valence-electron chi connectivity index (χ3n) is 3.38. The largest absolute Gasteiger partial charge is 0.0683 e. The van der Waals surface area contributed by atoms with Gasteiger partial charge in [-0.2, -0.15) is 0 Å². The van der Waals surface area contributed by atoms with Gasteiger partial charge in [-0.25, -0.2) is 0 Å². The molecule has 3 aromatic carbocycles. The van der Waals surface area contributed by atoms with Crippen molar-refractivity contribution < 1.29 is 0 Å². The van der Waals surface area contributed by atoms with E-state index in [9.17, 15) is 0 Å². The maximum Gasteiger partial charge on any atom is -0.0184 e. The fourth-order valence-corrected chi connectivity index (χ4v) is 2.23. The lowest BCUT2D eigenvalue weighted by atomic mass is 10.00. The molecule has 0 nitrogen and oxygen atoms in total. The van der Waals surface area contributed by atoms with E-state index < -0.39 is 0 Å². The molecule has 0 heterocycles. The molecule has 0 aromatic heterocycles. The van der Waals surface area contributed by atoms with Crippen molar-refractivity contribution in [3.8, 4) is 22.3 Å². The summed E-state index contributed by atoms with van der Waals surface area (Å²) in [6, 6.07) is 27.9. The van der Waals surface area contributed by atoms with Gasteiger partial charge in [-0.15, -0.1) is 0 Å². The van der Waals surface area contributed by atoms with Gasteiger partial charge < -0.3 is 0 Å². The van der Waals surface area contributed by atoms with Crippen molar-refractivity contribution in [3.63, 3.8) is 0 Å². The Morgan fingerprint density at radius 3 is 1.09 bits per heavy atom. The van der Waals surface area contributed by atoms with Gasteiger partial charge in [0.05, 0.1) is 0 Å². The second kappa shape index (κ2) is 10.4. The molecule has 0 saturated heterocycles. The summed E-state index contributed by atoms with van der Waals surface area (Å²) in [6.07, 6.45) is 0. The van der Waals surface area contributed by atoms with Crippen LogP contribution in [0.2, 0.25) is 0 Å². The summed E-state index contributed by atoms with van der Waals surface area (Å²) in [5.74, 6) is 0. The molecule has 0 heteroatoms. The van der Waals surface area contributed by atoms with Crippen molar-refractivity contribution in [3.05, 3.63) is 84.4 Å². The maximum absolute atomic E-state index is 2.19. The highest BCUT2D eigenvalue weighted by Gasteiger charge is 1.99. The third kappa shape index (κ3) is 5.41. The van der Waals surface area contributed by atoms with Crippen LogP contribution in [-0.4, -0.2) is 0 Å². The standard InChI is InChI=1S/C19H16.2C2H6/c1-15-7-9-17(10-8-15)19-13-11-18(12-14-19)16-5-3-2-4-6-16;2*1-2/h2-14H,1H3;2*1-2H3. The summed E-state index contributed by atoms with van der Waals surface area (Å²) < 4.78 is 0. The zero-order chi connectivity index (χ0) is 17.1. The van der Waals surface area contributed by atoms with Crippen LogP contribution < -0.4 is 0 Å². The van der Waals surface area contributed by atoms with Crippen molar-refractivity contribution in [1.29, 1.82) is 0 Å². The molecule has 0 atom stereocenters. The first kappa shape index (κ1) is 18.7. The molecule has 0 amide bonds. The molecule has 0 radical (unpaired) electrons. The van der Waals surface area contributed by atoms with Crippen LogP contribution in [0.3, 0.4) is 0 Å². The summed E-state index contributed by atoms with van der Waals surface area (Å²) in [4.78, 5) is 0. The molecular formula is C23H28. The van der Waals surface area contributed by atoms with Crippen LogP contribution in [0.1, 0.15) is 33.3 Å². The van der Waals surface area contributed by atoms with Gasteiger partial charge in [0.2, 0.25) is 0 Å². The van der Waals surface area contributed by atoms with Gasteiger partial charge in [0.25, 0.3) is 0 Å². The maximum atomic E-state index is 2.19. The normalized spacial score (nSPS) is 9.09. The average Bonchev–Trinajstić information content (AvgIpc) is 2.67. The van der Waals surface area contributed by atoms with Crippen molar-refractivity contribution in [1.82, 2.24) is 0 Å². The highest BCUT2D eigenvalue weighted by atomic mass is 14.0. The second-order valence-electron chi connectivity index (χ2n) is 4.81. The molecule has 120 valence electrons. The monoisotopic (exact) mass is 304 g/mol. The summed E-state index contributed by atoms with van der Waals surface area (Å²) in [6.45, 7) is 10.1. The van der Waals surface area contributed by atoms with Crippen LogP contribution in [-0.2, 0) is 0 Å².